The molecule has 0 heterocycles. The number of Topliss-reactive ketones (excluding diaryl/α,β-unsaturated/α-hetero) is 1. The molecule has 104 valence electrons. The Bertz CT molecular complexity index is 457. The SMILES string of the molecule is CCCN(CC(=O)c1cc(F)ccc1O)CC1CC1. The van der Waals surface area contributed by atoms with Gasteiger partial charge in [-0.25, -0.2) is 4.39 Å². The molecule has 0 aliphatic heterocycles. The van der Waals surface area contributed by atoms with Gasteiger partial charge in [0.1, 0.15) is 11.6 Å². The van der Waals surface area contributed by atoms with Crippen molar-refractivity contribution in [2.24, 2.45) is 5.92 Å². The summed E-state index contributed by atoms with van der Waals surface area (Å²) < 4.78 is 13.1. The van der Waals surface area contributed by atoms with Crippen molar-refractivity contribution in [1.82, 2.24) is 4.90 Å². The van der Waals surface area contributed by atoms with Crippen LogP contribution in [0.5, 0.6) is 5.75 Å². The van der Waals surface area contributed by atoms with E-state index in [9.17, 15) is 14.3 Å². The van der Waals surface area contributed by atoms with Gasteiger partial charge in [0.2, 0.25) is 0 Å². The molecule has 19 heavy (non-hydrogen) atoms. The monoisotopic (exact) mass is 265 g/mol. The fourth-order valence-corrected chi connectivity index (χ4v) is 2.24. The summed E-state index contributed by atoms with van der Waals surface area (Å²) in [4.78, 5) is 14.2. The summed E-state index contributed by atoms with van der Waals surface area (Å²) in [6.45, 7) is 4.11. The van der Waals surface area contributed by atoms with Gasteiger partial charge in [0.15, 0.2) is 5.78 Å². The van der Waals surface area contributed by atoms with E-state index >= 15 is 0 Å². The zero-order chi connectivity index (χ0) is 13.8. The average Bonchev–Trinajstić information content (AvgIpc) is 3.16. The number of carbonyl (C=O) groups excluding carboxylic acids is 1. The quantitative estimate of drug-likeness (QED) is 0.771. The average molecular weight is 265 g/mol. The van der Waals surface area contributed by atoms with Crippen molar-refractivity contribution in [3.8, 4) is 5.75 Å². The van der Waals surface area contributed by atoms with Crippen molar-refractivity contribution >= 4 is 5.78 Å². The van der Waals surface area contributed by atoms with E-state index in [1.165, 1.54) is 18.9 Å². The lowest BCUT2D eigenvalue weighted by atomic mass is 10.1. The van der Waals surface area contributed by atoms with Crippen molar-refractivity contribution < 1.29 is 14.3 Å². The summed E-state index contributed by atoms with van der Waals surface area (Å²) in [6, 6.07) is 3.49. The minimum absolute atomic E-state index is 0.0805. The van der Waals surface area contributed by atoms with E-state index in [4.69, 9.17) is 0 Å². The van der Waals surface area contributed by atoms with E-state index in [0.29, 0.717) is 5.92 Å². The highest BCUT2D eigenvalue weighted by Crippen LogP contribution is 2.30. The maximum absolute atomic E-state index is 13.1. The maximum atomic E-state index is 13.1. The summed E-state index contributed by atoms with van der Waals surface area (Å²) in [5.74, 6) is -0.147. The van der Waals surface area contributed by atoms with Crippen molar-refractivity contribution in [2.75, 3.05) is 19.6 Å². The number of phenols is 1. The molecular weight excluding hydrogens is 245 g/mol. The fraction of sp³-hybridized carbons (Fsp3) is 0.533. The van der Waals surface area contributed by atoms with Crippen LogP contribution in [0.25, 0.3) is 0 Å². The standard InChI is InChI=1S/C15H20FNO2/c1-2-7-17(9-11-3-4-11)10-15(19)13-8-12(16)5-6-14(13)18/h5-6,8,11,18H,2-4,7,9-10H2,1H3. The zero-order valence-corrected chi connectivity index (χ0v) is 11.2. The number of hydrogen-bond donors (Lipinski definition) is 1. The third-order valence-corrected chi connectivity index (χ3v) is 3.38. The number of rotatable bonds is 7. The molecule has 0 spiro atoms. The Morgan fingerprint density at radius 3 is 2.84 bits per heavy atom. The summed E-state index contributed by atoms with van der Waals surface area (Å²) in [7, 11) is 0. The van der Waals surface area contributed by atoms with Crippen LogP contribution in [0.2, 0.25) is 0 Å². The van der Waals surface area contributed by atoms with Gasteiger partial charge in [-0.3, -0.25) is 9.69 Å². The highest BCUT2D eigenvalue weighted by atomic mass is 19.1. The Balaban J connectivity index is 2.02. The first kappa shape index (κ1) is 14.0. The molecule has 2 rings (SSSR count). The largest absolute Gasteiger partial charge is 0.507 e. The number of aromatic hydroxyl groups is 1. The van der Waals surface area contributed by atoms with Gasteiger partial charge in [-0.05, 0) is 49.9 Å². The van der Waals surface area contributed by atoms with Gasteiger partial charge in [0.05, 0.1) is 12.1 Å². The second-order valence-corrected chi connectivity index (χ2v) is 5.26. The summed E-state index contributed by atoms with van der Waals surface area (Å²) in [6.07, 6.45) is 3.45. The zero-order valence-electron chi connectivity index (χ0n) is 11.2. The van der Waals surface area contributed by atoms with E-state index in [-0.39, 0.29) is 23.6 Å². The van der Waals surface area contributed by atoms with Crippen LogP contribution < -0.4 is 0 Å². The molecule has 1 aromatic rings. The van der Waals surface area contributed by atoms with E-state index in [2.05, 4.69) is 11.8 Å². The fourth-order valence-electron chi connectivity index (χ4n) is 2.24. The molecule has 4 heteroatoms. The molecule has 0 unspecified atom stereocenters. The lowest BCUT2D eigenvalue weighted by Gasteiger charge is -2.20. The van der Waals surface area contributed by atoms with Gasteiger partial charge < -0.3 is 5.11 Å². The van der Waals surface area contributed by atoms with Crippen LogP contribution in [0, 0.1) is 11.7 Å². The van der Waals surface area contributed by atoms with Crippen molar-refractivity contribution in [2.45, 2.75) is 26.2 Å². The predicted molar refractivity (Wildman–Crippen MR) is 71.9 cm³/mol. The third-order valence-electron chi connectivity index (χ3n) is 3.38. The Morgan fingerprint density at radius 2 is 2.21 bits per heavy atom. The van der Waals surface area contributed by atoms with Crippen LogP contribution in [0.15, 0.2) is 18.2 Å². The third kappa shape index (κ3) is 4.03. The molecule has 1 fully saturated rings. The number of benzene rings is 1. The second-order valence-electron chi connectivity index (χ2n) is 5.26. The first-order valence-corrected chi connectivity index (χ1v) is 6.84. The van der Waals surface area contributed by atoms with Crippen LogP contribution in [-0.4, -0.2) is 35.4 Å². The lowest BCUT2D eigenvalue weighted by Crippen LogP contribution is -2.32. The van der Waals surface area contributed by atoms with Gasteiger partial charge in [-0.2, -0.15) is 0 Å². The van der Waals surface area contributed by atoms with Gasteiger partial charge >= 0.3 is 0 Å². The van der Waals surface area contributed by atoms with Crippen molar-refractivity contribution in [3.05, 3.63) is 29.6 Å². The predicted octanol–water partition coefficient (Wildman–Crippen LogP) is 2.84. The molecule has 1 aliphatic carbocycles. The molecule has 1 N–H and O–H groups in total. The highest BCUT2D eigenvalue weighted by molar-refractivity contribution is 6.00. The highest BCUT2D eigenvalue weighted by Gasteiger charge is 2.25. The Labute approximate surface area is 113 Å². The van der Waals surface area contributed by atoms with Gasteiger partial charge in [0.25, 0.3) is 0 Å². The molecular formula is C15H20FNO2. The van der Waals surface area contributed by atoms with Gasteiger partial charge in [0, 0.05) is 6.54 Å². The molecule has 0 atom stereocenters. The van der Waals surface area contributed by atoms with Crippen molar-refractivity contribution in [1.29, 1.82) is 0 Å². The number of phenolic OH excluding ortho intramolecular Hbond substituents is 1. The molecule has 0 amide bonds. The number of nitrogens with zero attached hydrogens (tertiary/aromatic N) is 1. The number of hydrogen-bond acceptors (Lipinski definition) is 3. The van der Waals surface area contributed by atoms with E-state index in [1.54, 1.807) is 0 Å². The molecule has 0 radical (unpaired) electrons. The van der Waals surface area contributed by atoms with E-state index in [0.717, 1.165) is 31.6 Å². The van der Waals surface area contributed by atoms with E-state index in [1.807, 2.05) is 0 Å². The Morgan fingerprint density at radius 1 is 1.47 bits per heavy atom. The minimum atomic E-state index is -0.495. The first-order chi connectivity index (χ1) is 9.10. The van der Waals surface area contributed by atoms with Crippen LogP contribution in [-0.2, 0) is 0 Å². The van der Waals surface area contributed by atoms with E-state index < -0.39 is 5.82 Å². The molecule has 3 nitrogen and oxygen atoms in total. The summed E-state index contributed by atoms with van der Waals surface area (Å²) in [5, 5.41) is 9.64. The van der Waals surface area contributed by atoms with Crippen LogP contribution in [0.4, 0.5) is 4.39 Å². The molecule has 0 saturated heterocycles. The van der Waals surface area contributed by atoms with Crippen LogP contribution in [0.3, 0.4) is 0 Å². The summed E-state index contributed by atoms with van der Waals surface area (Å²) in [5.41, 5.74) is 0.0805. The molecule has 1 saturated carbocycles. The first-order valence-electron chi connectivity index (χ1n) is 6.84. The molecule has 1 aromatic carbocycles. The molecule has 1 aliphatic rings. The topological polar surface area (TPSA) is 40.5 Å². The lowest BCUT2D eigenvalue weighted by molar-refractivity contribution is 0.0924. The maximum Gasteiger partial charge on any atom is 0.180 e. The Kier molecular flexibility index (Phi) is 4.53. The van der Waals surface area contributed by atoms with Gasteiger partial charge in [-0.1, -0.05) is 6.92 Å². The second kappa shape index (κ2) is 6.15. The number of halogens is 1. The van der Waals surface area contributed by atoms with Crippen LogP contribution in [0.1, 0.15) is 36.5 Å². The van der Waals surface area contributed by atoms with Gasteiger partial charge in [-0.15, -0.1) is 0 Å². The normalized spacial score (nSPS) is 14.9. The Hall–Kier alpha value is -1.42. The van der Waals surface area contributed by atoms with Crippen LogP contribution >= 0.6 is 0 Å². The smallest absolute Gasteiger partial charge is 0.180 e. The summed E-state index contributed by atoms with van der Waals surface area (Å²) >= 11 is 0. The molecule has 0 aromatic heterocycles. The minimum Gasteiger partial charge on any atom is -0.507 e. The number of carbonyl (C=O) groups is 1. The molecule has 0 bridgehead atoms. The van der Waals surface area contributed by atoms with Crippen molar-refractivity contribution in [3.63, 3.8) is 0 Å². The number of ketones is 1.